The monoisotopic (exact) mass is 198 g/mol. The van der Waals surface area contributed by atoms with Crippen LogP contribution in [0.4, 0.5) is 0 Å². The summed E-state index contributed by atoms with van der Waals surface area (Å²) in [5.74, 6) is 0.422. The highest BCUT2D eigenvalue weighted by Crippen LogP contribution is 2.51. The smallest absolute Gasteiger partial charge is 0.306 e. The number of epoxide rings is 1. The Morgan fingerprint density at radius 1 is 1.50 bits per heavy atom. The van der Waals surface area contributed by atoms with Crippen molar-refractivity contribution in [2.24, 2.45) is 5.92 Å². The van der Waals surface area contributed by atoms with E-state index in [0.717, 1.165) is 19.4 Å². The lowest BCUT2D eigenvalue weighted by molar-refractivity contribution is -0.157. The Labute approximate surface area is 84.8 Å². The van der Waals surface area contributed by atoms with Crippen molar-refractivity contribution >= 4 is 5.97 Å². The largest absolute Gasteiger partial charge is 0.460 e. The summed E-state index contributed by atoms with van der Waals surface area (Å²) in [4.78, 5) is 11.4. The average Bonchev–Trinajstić information content (AvgIpc) is 2.60. The van der Waals surface area contributed by atoms with Gasteiger partial charge in [-0.2, -0.15) is 0 Å². The number of hydrogen-bond donors (Lipinski definition) is 0. The summed E-state index contributed by atoms with van der Waals surface area (Å²) >= 11 is 0. The number of carbonyl (C=O) groups is 1. The second kappa shape index (κ2) is 2.96. The van der Waals surface area contributed by atoms with Crippen molar-refractivity contribution in [2.45, 2.75) is 51.2 Å². The Balaban J connectivity index is 1.68. The molecule has 0 bridgehead atoms. The molecule has 0 N–H and O–H groups in total. The van der Waals surface area contributed by atoms with E-state index in [0.29, 0.717) is 12.3 Å². The van der Waals surface area contributed by atoms with E-state index in [1.54, 1.807) is 0 Å². The van der Waals surface area contributed by atoms with Crippen LogP contribution in [0, 0.1) is 5.92 Å². The third-order valence-electron chi connectivity index (χ3n) is 2.75. The lowest BCUT2D eigenvalue weighted by Crippen LogP contribution is -2.35. The first kappa shape index (κ1) is 9.97. The van der Waals surface area contributed by atoms with Crippen LogP contribution in [0.2, 0.25) is 0 Å². The van der Waals surface area contributed by atoms with Crippen LogP contribution in [0.1, 0.15) is 40.0 Å². The van der Waals surface area contributed by atoms with Gasteiger partial charge < -0.3 is 9.47 Å². The zero-order chi connectivity index (χ0) is 10.4. The Bertz CT molecular complexity index is 240. The van der Waals surface area contributed by atoms with E-state index in [1.807, 2.05) is 20.8 Å². The number of rotatable bonds is 2. The summed E-state index contributed by atoms with van der Waals surface area (Å²) in [6.45, 7) is 6.60. The third kappa shape index (κ3) is 2.27. The minimum atomic E-state index is -0.353. The minimum absolute atomic E-state index is 0.0713. The maximum Gasteiger partial charge on any atom is 0.306 e. The quantitative estimate of drug-likeness (QED) is 0.502. The van der Waals surface area contributed by atoms with Crippen LogP contribution < -0.4 is 0 Å². The molecule has 1 heterocycles. The van der Waals surface area contributed by atoms with Crippen LogP contribution in [-0.2, 0) is 14.3 Å². The molecule has 1 aliphatic heterocycles. The highest BCUT2D eigenvalue weighted by molar-refractivity contribution is 5.70. The van der Waals surface area contributed by atoms with Gasteiger partial charge in [0, 0.05) is 6.42 Å². The zero-order valence-electron chi connectivity index (χ0n) is 9.13. The molecule has 2 fully saturated rings. The molecular weight excluding hydrogens is 180 g/mol. The molecule has 0 aromatic carbocycles. The first-order valence-corrected chi connectivity index (χ1v) is 5.24. The summed E-state index contributed by atoms with van der Waals surface area (Å²) in [7, 11) is 0. The number of hydrogen-bond acceptors (Lipinski definition) is 3. The highest BCUT2D eigenvalue weighted by atomic mass is 16.6. The lowest BCUT2D eigenvalue weighted by Gasteiger charge is -2.32. The van der Waals surface area contributed by atoms with E-state index in [4.69, 9.17) is 9.47 Å². The fraction of sp³-hybridized carbons (Fsp3) is 0.909. The predicted octanol–water partition coefficient (Wildman–Crippen LogP) is 1.90. The van der Waals surface area contributed by atoms with E-state index in [1.165, 1.54) is 0 Å². The fourth-order valence-electron chi connectivity index (χ4n) is 2.09. The molecule has 0 atom stereocenters. The average molecular weight is 198 g/mol. The van der Waals surface area contributed by atoms with Gasteiger partial charge in [-0.25, -0.2) is 0 Å². The van der Waals surface area contributed by atoms with Crippen LogP contribution in [-0.4, -0.2) is 23.8 Å². The highest BCUT2D eigenvalue weighted by Gasteiger charge is 2.55. The van der Waals surface area contributed by atoms with Crippen molar-refractivity contribution in [3.05, 3.63) is 0 Å². The second-order valence-corrected chi connectivity index (χ2v) is 5.54. The van der Waals surface area contributed by atoms with Crippen LogP contribution in [0.5, 0.6) is 0 Å². The van der Waals surface area contributed by atoms with Crippen molar-refractivity contribution < 1.29 is 14.3 Å². The van der Waals surface area contributed by atoms with Crippen LogP contribution in [0.15, 0.2) is 0 Å². The van der Waals surface area contributed by atoms with Gasteiger partial charge in [0.1, 0.15) is 5.60 Å². The van der Waals surface area contributed by atoms with Crippen molar-refractivity contribution in [1.82, 2.24) is 0 Å². The van der Waals surface area contributed by atoms with Gasteiger partial charge in [0.2, 0.25) is 0 Å². The molecule has 3 nitrogen and oxygen atoms in total. The molecule has 2 rings (SSSR count). The second-order valence-electron chi connectivity index (χ2n) is 5.54. The maximum absolute atomic E-state index is 11.4. The Morgan fingerprint density at radius 2 is 2.07 bits per heavy atom. The molecule has 0 amide bonds. The predicted molar refractivity (Wildman–Crippen MR) is 51.9 cm³/mol. The van der Waals surface area contributed by atoms with Crippen molar-refractivity contribution in [3.8, 4) is 0 Å². The van der Waals surface area contributed by atoms with Gasteiger partial charge >= 0.3 is 5.97 Å². The van der Waals surface area contributed by atoms with Crippen molar-refractivity contribution in [1.29, 1.82) is 0 Å². The van der Waals surface area contributed by atoms with Crippen molar-refractivity contribution in [3.63, 3.8) is 0 Å². The molecule has 1 spiro atoms. The molecule has 0 aromatic rings. The maximum atomic E-state index is 11.4. The summed E-state index contributed by atoms with van der Waals surface area (Å²) < 4.78 is 10.5. The number of esters is 1. The van der Waals surface area contributed by atoms with Gasteiger partial charge in [-0.3, -0.25) is 4.79 Å². The van der Waals surface area contributed by atoms with E-state index in [9.17, 15) is 4.79 Å². The molecular formula is C11H18O3. The molecule has 2 aliphatic rings. The van der Waals surface area contributed by atoms with E-state index in [-0.39, 0.29) is 17.2 Å². The van der Waals surface area contributed by atoms with Gasteiger partial charge in [0.05, 0.1) is 12.2 Å². The van der Waals surface area contributed by atoms with E-state index >= 15 is 0 Å². The van der Waals surface area contributed by atoms with Crippen LogP contribution in [0.25, 0.3) is 0 Å². The summed E-state index contributed by atoms with van der Waals surface area (Å²) in [6.07, 6.45) is 2.65. The van der Waals surface area contributed by atoms with Crippen LogP contribution in [0.3, 0.4) is 0 Å². The first-order chi connectivity index (χ1) is 6.39. The molecule has 14 heavy (non-hydrogen) atoms. The van der Waals surface area contributed by atoms with Crippen LogP contribution >= 0.6 is 0 Å². The molecule has 0 unspecified atom stereocenters. The van der Waals surface area contributed by atoms with Gasteiger partial charge in [-0.1, -0.05) is 0 Å². The Hall–Kier alpha value is -0.570. The van der Waals surface area contributed by atoms with Gasteiger partial charge in [-0.05, 0) is 39.5 Å². The van der Waals surface area contributed by atoms with E-state index in [2.05, 4.69) is 0 Å². The molecule has 1 saturated carbocycles. The topological polar surface area (TPSA) is 38.8 Å². The van der Waals surface area contributed by atoms with Gasteiger partial charge in [0.15, 0.2) is 0 Å². The molecule has 0 radical (unpaired) electrons. The SMILES string of the molecule is CC(C)(C)OC(=O)CC1CC2(CO2)C1. The van der Waals surface area contributed by atoms with E-state index < -0.39 is 0 Å². The Kier molecular flexibility index (Phi) is 2.11. The summed E-state index contributed by atoms with van der Waals surface area (Å²) in [6, 6.07) is 0. The van der Waals surface area contributed by atoms with Crippen molar-refractivity contribution in [2.75, 3.05) is 6.61 Å². The summed E-state index contributed by atoms with van der Waals surface area (Å²) in [5, 5.41) is 0. The lowest BCUT2D eigenvalue weighted by atomic mass is 9.73. The zero-order valence-corrected chi connectivity index (χ0v) is 9.13. The van der Waals surface area contributed by atoms with Gasteiger partial charge in [-0.15, -0.1) is 0 Å². The molecule has 3 heteroatoms. The molecule has 1 aliphatic carbocycles. The third-order valence-corrected chi connectivity index (χ3v) is 2.75. The molecule has 1 saturated heterocycles. The molecule has 80 valence electrons. The first-order valence-electron chi connectivity index (χ1n) is 5.24. The standard InChI is InChI=1S/C11H18O3/c1-10(2,3)14-9(12)4-8-5-11(6-8)7-13-11/h8H,4-7H2,1-3H3. The number of ether oxygens (including phenoxy) is 2. The summed E-state index contributed by atoms with van der Waals surface area (Å²) in [5.41, 5.74) is -0.152. The normalized spacial score (nSPS) is 35.2. The minimum Gasteiger partial charge on any atom is -0.460 e. The number of carbonyl (C=O) groups excluding carboxylic acids is 1. The van der Waals surface area contributed by atoms with Gasteiger partial charge in [0.25, 0.3) is 0 Å². The fourth-order valence-corrected chi connectivity index (χ4v) is 2.09. The Morgan fingerprint density at radius 3 is 2.50 bits per heavy atom. The molecule has 0 aromatic heterocycles.